The first kappa shape index (κ1) is 25.5. The molecule has 2 rings (SSSR count). The average Bonchev–Trinajstić information content (AvgIpc) is 3.13. The zero-order valence-electron chi connectivity index (χ0n) is 19.2. The summed E-state index contributed by atoms with van der Waals surface area (Å²) in [4.78, 5) is 14.2. The van der Waals surface area contributed by atoms with Crippen molar-refractivity contribution in [2.75, 3.05) is 18.0 Å². The number of hydrogen-bond donors (Lipinski definition) is 1. The van der Waals surface area contributed by atoms with Gasteiger partial charge >= 0.3 is 0 Å². The molecule has 0 spiro atoms. The largest absolute Gasteiger partial charge is 0.435 e. The Morgan fingerprint density at radius 2 is 1.97 bits per heavy atom. The van der Waals surface area contributed by atoms with Gasteiger partial charge in [0.1, 0.15) is 0 Å². The highest BCUT2D eigenvalue weighted by atomic mass is 35.5. The summed E-state index contributed by atoms with van der Waals surface area (Å²) in [5.41, 5.74) is 0.987. The van der Waals surface area contributed by atoms with Crippen LogP contribution in [0.4, 0.5) is 5.69 Å². The monoisotopic (exact) mass is 451 g/mol. The molecular formula is C23H38BClN2O2P. The normalized spacial score (nSPS) is 18.4. The molecule has 1 saturated heterocycles. The van der Waals surface area contributed by atoms with Gasteiger partial charge in [0, 0.05) is 41.9 Å². The Morgan fingerprint density at radius 1 is 1.30 bits per heavy atom. The highest BCUT2D eigenvalue weighted by Gasteiger charge is 2.33. The Bertz CT molecular complexity index is 679. The van der Waals surface area contributed by atoms with Crippen molar-refractivity contribution in [2.45, 2.75) is 83.4 Å². The summed E-state index contributed by atoms with van der Waals surface area (Å²) in [6, 6.07) is 8.25. The highest BCUT2D eigenvalue weighted by Crippen LogP contribution is 2.33. The lowest BCUT2D eigenvalue weighted by Gasteiger charge is -2.39. The topological polar surface area (TPSA) is 41.6 Å². The van der Waals surface area contributed by atoms with Gasteiger partial charge in [-0.3, -0.25) is 4.79 Å². The number of halogens is 1. The third-order valence-corrected chi connectivity index (χ3v) is 7.34. The van der Waals surface area contributed by atoms with Crippen LogP contribution in [0.2, 0.25) is 11.3 Å². The van der Waals surface area contributed by atoms with E-state index in [0.717, 1.165) is 50.1 Å². The fourth-order valence-electron chi connectivity index (χ4n) is 3.70. The maximum atomic E-state index is 11.8. The number of hydrogen-bond acceptors (Lipinski definition) is 3. The molecule has 1 aliphatic rings. The Balaban J connectivity index is 1.78. The second-order valence-electron chi connectivity index (χ2n) is 9.58. The molecule has 0 saturated carbocycles. The molecule has 30 heavy (non-hydrogen) atoms. The number of nitrogens with zero attached hydrogens (tertiary/aromatic N) is 1. The number of unbranched alkanes of at least 4 members (excludes halogenated alkanes) is 1. The first-order valence-corrected chi connectivity index (χ1v) is 12.0. The summed E-state index contributed by atoms with van der Waals surface area (Å²) in [6.07, 6.45) is 5.17. The first-order valence-electron chi connectivity index (χ1n) is 11.1. The van der Waals surface area contributed by atoms with Crippen LogP contribution in [-0.2, 0) is 9.45 Å². The van der Waals surface area contributed by atoms with Crippen LogP contribution in [0.25, 0.3) is 0 Å². The van der Waals surface area contributed by atoms with Crippen LogP contribution in [-0.4, -0.2) is 43.3 Å². The molecule has 0 bridgehead atoms. The second kappa shape index (κ2) is 11.2. The van der Waals surface area contributed by atoms with Crippen molar-refractivity contribution in [3.05, 3.63) is 29.3 Å². The Kier molecular flexibility index (Phi) is 9.52. The lowest BCUT2D eigenvalue weighted by atomic mass is 9.85. The van der Waals surface area contributed by atoms with Crippen molar-refractivity contribution in [1.29, 1.82) is 0 Å². The van der Waals surface area contributed by atoms with Crippen molar-refractivity contribution in [1.82, 2.24) is 5.32 Å². The highest BCUT2D eigenvalue weighted by molar-refractivity contribution is 7.19. The van der Waals surface area contributed by atoms with E-state index in [0.29, 0.717) is 5.92 Å². The van der Waals surface area contributed by atoms with Crippen molar-refractivity contribution in [2.24, 2.45) is 5.92 Å². The third-order valence-electron chi connectivity index (χ3n) is 6.39. The van der Waals surface area contributed by atoms with E-state index in [2.05, 4.69) is 59.3 Å². The minimum absolute atomic E-state index is 0.0123. The maximum absolute atomic E-state index is 11.8. The van der Waals surface area contributed by atoms with Gasteiger partial charge in [0.25, 0.3) is 7.48 Å². The summed E-state index contributed by atoms with van der Waals surface area (Å²) >= 11 is 6.02. The second-order valence-corrected chi connectivity index (χ2v) is 11.5. The zero-order valence-corrected chi connectivity index (χ0v) is 21.1. The summed E-state index contributed by atoms with van der Waals surface area (Å²) in [7, 11) is 4.82. The predicted molar refractivity (Wildman–Crippen MR) is 133 cm³/mol. The molecular weight excluding hydrogens is 414 g/mol. The predicted octanol–water partition coefficient (Wildman–Crippen LogP) is 5.33. The van der Waals surface area contributed by atoms with Crippen LogP contribution in [0, 0.1) is 5.92 Å². The number of carbonyl (C=O) groups is 1. The average molecular weight is 452 g/mol. The molecule has 1 heterocycles. The van der Waals surface area contributed by atoms with E-state index >= 15 is 0 Å². The van der Waals surface area contributed by atoms with Crippen molar-refractivity contribution in [3.63, 3.8) is 0 Å². The molecule has 1 aliphatic heterocycles. The Morgan fingerprint density at radius 3 is 2.57 bits per heavy atom. The summed E-state index contributed by atoms with van der Waals surface area (Å²) in [6.45, 7) is 12.2. The van der Waals surface area contributed by atoms with Crippen LogP contribution < -0.4 is 10.2 Å². The van der Waals surface area contributed by atoms with Crippen LogP contribution in [0.15, 0.2) is 24.3 Å². The number of anilines is 1. The molecule has 1 fully saturated rings. The van der Waals surface area contributed by atoms with Gasteiger partial charge in [-0.25, -0.2) is 0 Å². The van der Waals surface area contributed by atoms with Gasteiger partial charge < -0.3 is 14.9 Å². The molecule has 1 aromatic rings. The fourth-order valence-corrected chi connectivity index (χ4v) is 3.89. The smallest absolute Gasteiger partial charge is 0.293 e. The standard InChI is InChI=1S/C23H38BClN2O2P/c1-17(28)26-21(8-6-7-14-24-29-22(2,3)23(4,5)30)18-13-15-27(16-18)20-11-9-19(25)10-12-20/h9-12,18,21H,6-8,13-16,30H2,1-5H3,(H,26,28)/t18?,21-/m1/s1. The van der Waals surface area contributed by atoms with E-state index in [1.807, 2.05) is 19.6 Å². The van der Waals surface area contributed by atoms with Crippen LogP contribution in [0.5, 0.6) is 0 Å². The van der Waals surface area contributed by atoms with Crippen LogP contribution >= 0.6 is 20.8 Å². The van der Waals surface area contributed by atoms with Crippen LogP contribution in [0.3, 0.4) is 0 Å². The summed E-state index contributed by atoms with van der Waals surface area (Å²) in [5.74, 6) is 0.533. The number of carbonyl (C=O) groups excluding carboxylic acids is 1. The molecule has 2 unspecified atom stereocenters. The zero-order chi connectivity index (χ0) is 22.4. The van der Waals surface area contributed by atoms with E-state index in [1.165, 1.54) is 5.69 Å². The molecule has 0 aromatic heterocycles. The number of rotatable bonds is 11. The minimum Gasteiger partial charge on any atom is -0.435 e. The SMILES string of the molecule is CC(=O)N[C@H](CCCC[B]OC(C)(C)C(C)(C)P)C1CCN(c2ccc(Cl)cc2)C1. The minimum atomic E-state index is -0.217. The van der Waals surface area contributed by atoms with E-state index in [-0.39, 0.29) is 22.7 Å². The summed E-state index contributed by atoms with van der Waals surface area (Å²) in [5, 5.41) is 3.98. The van der Waals surface area contributed by atoms with Crippen LogP contribution in [0.1, 0.15) is 60.3 Å². The number of amides is 1. The van der Waals surface area contributed by atoms with E-state index < -0.39 is 0 Å². The van der Waals surface area contributed by atoms with E-state index in [4.69, 9.17) is 16.3 Å². The van der Waals surface area contributed by atoms with Gasteiger partial charge in [0.2, 0.25) is 5.91 Å². The maximum Gasteiger partial charge on any atom is 0.293 e. The number of nitrogens with one attached hydrogen (secondary N) is 1. The van der Waals surface area contributed by atoms with E-state index in [9.17, 15) is 4.79 Å². The van der Waals surface area contributed by atoms with Gasteiger partial charge in [-0.1, -0.05) is 44.6 Å². The first-order chi connectivity index (χ1) is 14.0. The molecule has 7 heteroatoms. The Labute approximate surface area is 191 Å². The fraction of sp³-hybridized carbons (Fsp3) is 0.696. The summed E-state index contributed by atoms with van der Waals surface area (Å²) < 4.78 is 6.01. The molecule has 1 amide bonds. The quantitative estimate of drug-likeness (QED) is 0.281. The van der Waals surface area contributed by atoms with Crippen molar-refractivity contribution in [3.8, 4) is 0 Å². The lowest BCUT2D eigenvalue weighted by Crippen LogP contribution is -2.43. The van der Waals surface area contributed by atoms with Gasteiger partial charge in [-0.15, -0.1) is 9.24 Å². The van der Waals surface area contributed by atoms with Gasteiger partial charge in [-0.05, 0) is 56.9 Å². The van der Waals surface area contributed by atoms with E-state index in [1.54, 1.807) is 6.92 Å². The van der Waals surface area contributed by atoms with Gasteiger partial charge in [0.05, 0.1) is 5.60 Å². The molecule has 0 aliphatic carbocycles. The van der Waals surface area contributed by atoms with Crippen molar-refractivity contribution >= 4 is 39.9 Å². The lowest BCUT2D eigenvalue weighted by molar-refractivity contribution is -0.120. The molecule has 167 valence electrons. The molecule has 4 nitrogen and oxygen atoms in total. The molecule has 1 aromatic carbocycles. The number of benzene rings is 1. The molecule has 1 N–H and O–H groups in total. The van der Waals surface area contributed by atoms with Gasteiger partial charge in [-0.2, -0.15) is 0 Å². The Hall–Kier alpha value is -0.765. The van der Waals surface area contributed by atoms with Crippen molar-refractivity contribution < 1.29 is 9.45 Å². The third kappa shape index (κ3) is 7.73. The van der Waals surface area contributed by atoms with Gasteiger partial charge in [0.15, 0.2) is 0 Å². The molecule has 3 atom stereocenters. The molecule has 1 radical (unpaired) electrons.